The predicted octanol–water partition coefficient (Wildman–Crippen LogP) is 2.58. The maximum absolute atomic E-state index is 11.4. The number of ether oxygens (including phenoxy) is 1. The number of Topliss-reactive ketones (excluding diaryl/α,β-unsaturated/α-hetero) is 1. The minimum atomic E-state index is -0.245. The van der Waals surface area contributed by atoms with Gasteiger partial charge in [0.25, 0.3) is 0 Å². The first-order chi connectivity index (χ1) is 7.69. The molecule has 1 aromatic carbocycles. The number of nitrogens with one attached hydrogen (secondary N) is 1. The molecule has 16 heavy (non-hydrogen) atoms. The molecule has 0 amide bonds. The van der Waals surface area contributed by atoms with Crippen molar-refractivity contribution in [2.24, 2.45) is 0 Å². The number of carbonyl (C=O) groups excluding carboxylic acids is 1. The number of hydrogen-bond acceptors (Lipinski definition) is 4. The van der Waals surface area contributed by atoms with Crippen LogP contribution in [-0.2, 0) is 4.79 Å². The summed E-state index contributed by atoms with van der Waals surface area (Å²) in [5.74, 6) is 0.941. The minimum Gasteiger partial charge on any atom is -0.494 e. The molecule has 0 spiro atoms. The Labute approximate surface area is 101 Å². The molecule has 3 nitrogen and oxygen atoms in total. The highest BCUT2D eigenvalue weighted by Crippen LogP contribution is 2.20. The molecule has 0 saturated carbocycles. The highest BCUT2D eigenvalue weighted by Gasteiger charge is 2.15. The van der Waals surface area contributed by atoms with Gasteiger partial charge < -0.3 is 4.74 Å². The molecule has 0 aromatic heterocycles. The Morgan fingerprint density at radius 3 is 2.50 bits per heavy atom. The molecule has 0 saturated heterocycles. The molecular formula is C12H17NO2S. The molecule has 1 atom stereocenters. The van der Waals surface area contributed by atoms with Gasteiger partial charge in [-0.2, -0.15) is 0 Å². The van der Waals surface area contributed by atoms with Crippen LogP contribution < -0.4 is 9.46 Å². The van der Waals surface area contributed by atoms with E-state index in [4.69, 9.17) is 4.74 Å². The third kappa shape index (κ3) is 3.54. The lowest BCUT2D eigenvalue weighted by Crippen LogP contribution is -2.21. The molecule has 1 unspecified atom stereocenters. The first-order valence-corrected chi connectivity index (χ1v) is 6.43. The van der Waals surface area contributed by atoms with Crippen LogP contribution in [0.1, 0.15) is 25.5 Å². The number of hydrogen-bond donors (Lipinski definition) is 1. The van der Waals surface area contributed by atoms with Gasteiger partial charge in [-0.15, -0.1) is 0 Å². The summed E-state index contributed by atoms with van der Waals surface area (Å²) in [6.45, 7) is 4.18. The van der Waals surface area contributed by atoms with E-state index in [1.807, 2.05) is 37.4 Å². The second-order valence-electron chi connectivity index (χ2n) is 3.37. The van der Waals surface area contributed by atoms with Gasteiger partial charge in [-0.05, 0) is 37.8 Å². The third-order valence-corrected chi connectivity index (χ3v) is 2.64. The summed E-state index contributed by atoms with van der Waals surface area (Å²) in [7, 11) is 0. The molecule has 0 aliphatic heterocycles. The molecule has 1 rings (SSSR count). The standard InChI is InChI=1S/C12H17NO2S/c1-4-15-11-7-5-10(6-8-11)12(9(2)14)13-16-3/h5-8,12-13H,4H2,1-3H3. The highest BCUT2D eigenvalue weighted by atomic mass is 32.2. The number of carbonyl (C=O) groups is 1. The Morgan fingerprint density at radius 2 is 2.06 bits per heavy atom. The Balaban J connectivity index is 2.81. The van der Waals surface area contributed by atoms with Crippen molar-refractivity contribution in [2.75, 3.05) is 12.9 Å². The van der Waals surface area contributed by atoms with E-state index in [9.17, 15) is 4.79 Å². The quantitative estimate of drug-likeness (QED) is 0.774. The monoisotopic (exact) mass is 239 g/mol. The molecule has 0 aliphatic carbocycles. The van der Waals surface area contributed by atoms with Crippen LogP contribution >= 0.6 is 11.9 Å². The second-order valence-corrected chi connectivity index (χ2v) is 4.01. The minimum absolute atomic E-state index is 0.110. The van der Waals surface area contributed by atoms with E-state index in [0.717, 1.165) is 11.3 Å². The second kappa shape index (κ2) is 6.55. The van der Waals surface area contributed by atoms with E-state index >= 15 is 0 Å². The average molecular weight is 239 g/mol. The molecule has 88 valence electrons. The summed E-state index contributed by atoms with van der Waals surface area (Å²) < 4.78 is 8.43. The van der Waals surface area contributed by atoms with Crippen LogP contribution in [0.5, 0.6) is 5.75 Å². The Morgan fingerprint density at radius 1 is 1.44 bits per heavy atom. The largest absolute Gasteiger partial charge is 0.494 e. The molecule has 0 bridgehead atoms. The van der Waals surface area contributed by atoms with E-state index in [1.54, 1.807) is 6.92 Å². The van der Waals surface area contributed by atoms with Crippen molar-refractivity contribution < 1.29 is 9.53 Å². The Bertz CT molecular complexity index is 337. The SMILES string of the molecule is CCOc1ccc(C(NSC)C(C)=O)cc1. The molecule has 1 aromatic rings. The van der Waals surface area contributed by atoms with Crippen molar-refractivity contribution in [3.8, 4) is 5.75 Å². The first kappa shape index (κ1) is 13.1. The van der Waals surface area contributed by atoms with Crippen LogP contribution in [0.4, 0.5) is 0 Å². The Kier molecular flexibility index (Phi) is 5.35. The van der Waals surface area contributed by atoms with Gasteiger partial charge in [0, 0.05) is 0 Å². The van der Waals surface area contributed by atoms with Gasteiger partial charge in [-0.3, -0.25) is 4.79 Å². The lowest BCUT2D eigenvalue weighted by Gasteiger charge is -2.14. The summed E-state index contributed by atoms with van der Waals surface area (Å²) in [6.07, 6.45) is 1.91. The predicted molar refractivity (Wildman–Crippen MR) is 67.7 cm³/mol. The molecule has 0 radical (unpaired) electrons. The van der Waals surface area contributed by atoms with Crippen molar-refractivity contribution in [1.82, 2.24) is 4.72 Å². The van der Waals surface area contributed by atoms with Gasteiger partial charge >= 0.3 is 0 Å². The van der Waals surface area contributed by atoms with Crippen LogP contribution in [0.2, 0.25) is 0 Å². The molecule has 0 aliphatic rings. The third-order valence-electron chi connectivity index (χ3n) is 2.17. The lowest BCUT2D eigenvalue weighted by atomic mass is 10.0. The van der Waals surface area contributed by atoms with Crippen molar-refractivity contribution in [2.45, 2.75) is 19.9 Å². The fraction of sp³-hybridized carbons (Fsp3) is 0.417. The normalized spacial score (nSPS) is 12.2. The molecule has 0 fully saturated rings. The topological polar surface area (TPSA) is 38.3 Å². The van der Waals surface area contributed by atoms with Crippen LogP contribution in [0.25, 0.3) is 0 Å². The zero-order valence-electron chi connectivity index (χ0n) is 9.82. The molecule has 0 heterocycles. The maximum atomic E-state index is 11.4. The smallest absolute Gasteiger partial charge is 0.152 e. The zero-order chi connectivity index (χ0) is 12.0. The van der Waals surface area contributed by atoms with Crippen molar-refractivity contribution >= 4 is 17.7 Å². The van der Waals surface area contributed by atoms with E-state index < -0.39 is 0 Å². The van der Waals surface area contributed by atoms with Crippen LogP contribution in [-0.4, -0.2) is 18.6 Å². The number of rotatable bonds is 6. The average Bonchev–Trinajstić information content (AvgIpc) is 2.27. The summed E-state index contributed by atoms with van der Waals surface area (Å²) in [4.78, 5) is 11.4. The summed E-state index contributed by atoms with van der Waals surface area (Å²) in [5, 5.41) is 0. The van der Waals surface area contributed by atoms with Crippen LogP contribution in [0, 0.1) is 0 Å². The Hall–Kier alpha value is -1.00. The first-order valence-electron chi connectivity index (χ1n) is 5.20. The highest BCUT2D eigenvalue weighted by molar-refractivity contribution is 7.96. The van der Waals surface area contributed by atoms with Crippen molar-refractivity contribution in [3.05, 3.63) is 29.8 Å². The fourth-order valence-corrected chi connectivity index (χ4v) is 1.96. The van der Waals surface area contributed by atoms with Crippen LogP contribution in [0.15, 0.2) is 24.3 Å². The number of benzene rings is 1. The van der Waals surface area contributed by atoms with Gasteiger partial charge in [-0.1, -0.05) is 24.1 Å². The summed E-state index contributed by atoms with van der Waals surface area (Å²) >= 11 is 1.45. The lowest BCUT2D eigenvalue weighted by molar-refractivity contribution is -0.118. The van der Waals surface area contributed by atoms with Gasteiger partial charge in [-0.25, -0.2) is 4.72 Å². The van der Waals surface area contributed by atoms with E-state index in [1.165, 1.54) is 11.9 Å². The summed E-state index contributed by atoms with van der Waals surface area (Å²) in [6, 6.07) is 7.36. The number of ketones is 1. The molecular weight excluding hydrogens is 222 g/mol. The van der Waals surface area contributed by atoms with Crippen molar-refractivity contribution in [3.63, 3.8) is 0 Å². The van der Waals surface area contributed by atoms with E-state index in [-0.39, 0.29) is 11.8 Å². The van der Waals surface area contributed by atoms with Gasteiger partial charge in [0.1, 0.15) is 11.8 Å². The summed E-state index contributed by atoms with van der Waals surface area (Å²) in [5.41, 5.74) is 0.963. The van der Waals surface area contributed by atoms with E-state index in [0.29, 0.717) is 6.61 Å². The maximum Gasteiger partial charge on any atom is 0.152 e. The van der Waals surface area contributed by atoms with Gasteiger partial charge in [0.15, 0.2) is 5.78 Å². The van der Waals surface area contributed by atoms with Crippen LogP contribution in [0.3, 0.4) is 0 Å². The van der Waals surface area contributed by atoms with Crippen molar-refractivity contribution in [1.29, 1.82) is 0 Å². The molecule has 4 heteroatoms. The van der Waals surface area contributed by atoms with Gasteiger partial charge in [0.05, 0.1) is 6.61 Å². The zero-order valence-corrected chi connectivity index (χ0v) is 10.6. The van der Waals surface area contributed by atoms with Gasteiger partial charge in [0.2, 0.25) is 0 Å². The van der Waals surface area contributed by atoms with E-state index in [2.05, 4.69) is 4.72 Å². The fourth-order valence-electron chi connectivity index (χ4n) is 1.43. The molecule has 1 N–H and O–H groups in total.